The van der Waals surface area contributed by atoms with Gasteiger partial charge in [-0.25, -0.2) is 4.98 Å². The zero-order valence-electron chi connectivity index (χ0n) is 11.0. The van der Waals surface area contributed by atoms with Gasteiger partial charge in [0.2, 0.25) is 11.0 Å². The van der Waals surface area contributed by atoms with E-state index in [1.54, 1.807) is 40.7 Å². The molecule has 5 nitrogen and oxygen atoms in total. The normalized spacial score (nSPS) is 14.5. The fourth-order valence-corrected chi connectivity index (χ4v) is 4.11. The molecule has 1 N–H and O–H groups in total. The Balaban J connectivity index is 1.36. The third-order valence-corrected chi connectivity index (χ3v) is 5.82. The molecule has 0 bridgehead atoms. The van der Waals surface area contributed by atoms with E-state index < -0.39 is 0 Å². The molecule has 1 aliphatic rings. The van der Waals surface area contributed by atoms with Crippen LogP contribution < -0.4 is 5.32 Å². The number of oxazole rings is 1. The molecule has 1 fully saturated rings. The molecule has 3 aromatic heterocycles. The number of nitrogens with zero attached hydrogens (tertiary/aromatic N) is 3. The van der Waals surface area contributed by atoms with Gasteiger partial charge in [0.15, 0.2) is 4.34 Å². The minimum atomic E-state index is 0.611. The number of thiophene rings is 1. The standard InChI is InChI=1S/C13H12N4OS3/c1-2-10(19-5-1)11-14-9(6-18-11)7-20-13-17-16-12(21-13)15-8-3-4-8/h1-2,5-6,8H,3-4,7H2,(H,15,16). The van der Waals surface area contributed by atoms with Gasteiger partial charge < -0.3 is 9.73 Å². The van der Waals surface area contributed by atoms with Gasteiger partial charge in [-0.3, -0.25) is 0 Å². The molecule has 8 heteroatoms. The topological polar surface area (TPSA) is 63.8 Å². The van der Waals surface area contributed by atoms with Gasteiger partial charge in [-0.1, -0.05) is 29.2 Å². The average Bonchev–Trinajstić information content (AvgIpc) is 2.94. The van der Waals surface area contributed by atoms with E-state index in [0.29, 0.717) is 11.9 Å². The maximum absolute atomic E-state index is 5.50. The summed E-state index contributed by atoms with van der Waals surface area (Å²) in [6, 6.07) is 4.61. The maximum atomic E-state index is 5.50. The number of thioether (sulfide) groups is 1. The lowest BCUT2D eigenvalue weighted by Gasteiger charge is -1.94. The minimum absolute atomic E-state index is 0.611. The van der Waals surface area contributed by atoms with Gasteiger partial charge in [0.25, 0.3) is 0 Å². The van der Waals surface area contributed by atoms with E-state index in [-0.39, 0.29) is 0 Å². The van der Waals surface area contributed by atoms with E-state index in [2.05, 4.69) is 20.5 Å². The predicted octanol–water partition coefficient (Wildman–Crippen LogP) is 4.12. The minimum Gasteiger partial charge on any atom is -0.444 e. The van der Waals surface area contributed by atoms with E-state index >= 15 is 0 Å². The van der Waals surface area contributed by atoms with Crippen LogP contribution in [0.5, 0.6) is 0 Å². The summed E-state index contributed by atoms with van der Waals surface area (Å²) in [6.45, 7) is 0. The average molecular weight is 336 g/mol. The summed E-state index contributed by atoms with van der Waals surface area (Å²) in [5, 5.41) is 14.6. The van der Waals surface area contributed by atoms with Crippen LogP contribution in [0.1, 0.15) is 18.5 Å². The predicted molar refractivity (Wildman–Crippen MR) is 85.9 cm³/mol. The second-order valence-corrected chi connectivity index (χ2v) is 7.85. The SMILES string of the molecule is c1csc(-c2nc(CSc3nnc(NC4CC4)s3)co2)c1. The van der Waals surface area contributed by atoms with Crippen LogP contribution in [0.15, 0.2) is 32.5 Å². The highest BCUT2D eigenvalue weighted by atomic mass is 32.2. The van der Waals surface area contributed by atoms with Crippen LogP contribution >= 0.6 is 34.4 Å². The van der Waals surface area contributed by atoms with Gasteiger partial charge >= 0.3 is 0 Å². The third kappa shape index (κ3) is 3.28. The Kier molecular flexibility index (Phi) is 3.66. The molecule has 0 saturated heterocycles. The Morgan fingerprint density at radius 1 is 1.38 bits per heavy atom. The summed E-state index contributed by atoms with van der Waals surface area (Å²) >= 11 is 4.86. The van der Waals surface area contributed by atoms with Gasteiger partial charge in [0.05, 0.1) is 10.6 Å². The highest BCUT2D eigenvalue weighted by Crippen LogP contribution is 2.32. The van der Waals surface area contributed by atoms with Crippen molar-refractivity contribution in [3.05, 3.63) is 29.5 Å². The van der Waals surface area contributed by atoms with E-state index in [1.807, 2.05) is 17.5 Å². The lowest BCUT2D eigenvalue weighted by molar-refractivity contribution is 0.575. The van der Waals surface area contributed by atoms with Crippen LogP contribution in [0.2, 0.25) is 0 Å². The number of hydrogen-bond acceptors (Lipinski definition) is 8. The highest BCUT2D eigenvalue weighted by molar-refractivity contribution is 8.00. The van der Waals surface area contributed by atoms with Crippen LogP contribution in [0, 0.1) is 0 Å². The van der Waals surface area contributed by atoms with Crippen molar-refractivity contribution in [2.24, 2.45) is 0 Å². The molecule has 0 spiro atoms. The molecule has 0 aliphatic heterocycles. The van der Waals surface area contributed by atoms with Crippen molar-refractivity contribution in [2.45, 2.75) is 29.0 Å². The van der Waals surface area contributed by atoms with Crippen molar-refractivity contribution in [1.82, 2.24) is 15.2 Å². The van der Waals surface area contributed by atoms with Crippen molar-refractivity contribution in [3.63, 3.8) is 0 Å². The Hall–Kier alpha value is -1.38. The smallest absolute Gasteiger partial charge is 0.236 e. The second-order valence-electron chi connectivity index (χ2n) is 4.70. The summed E-state index contributed by atoms with van der Waals surface area (Å²) in [4.78, 5) is 5.55. The molecule has 0 radical (unpaired) electrons. The molecule has 4 rings (SSSR count). The fourth-order valence-electron chi connectivity index (χ4n) is 1.75. The van der Waals surface area contributed by atoms with Crippen molar-refractivity contribution in [2.75, 3.05) is 5.32 Å². The van der Waals surface area contributed by atoms with Crippen molar-refractivity contribution >= 4 is 39.6 Å². The molecule has 1 saturated carbocycles. The monoisotopic (exact) mass is 336 g/mol. The molecule has 3 heterocycles. The van der Waals surface area contributed by atoms with Gasteiger partial charge in [-0.05, 0) is 24.3 Å². The Labute approximate surface area is 133 Å². The first-order valence-corrected chi connectivity index (χ1v) is 9.26. The number of hydrogen-bond donors (Lipinski definition) is 1. The van der Waals surface area contributed by atoms with Crippen LogP contribution in [0.25, 0.3) is 10.8 Å². The van der Waals surface area contributed by atoms with Gasteiger partial charge in [-0.2, -0.15) is 0 Å². The summed E-state index contributed by atoms with van der Waals surface area (Å²) in [5.74, 6) is 1.43. The molecule has 0 atom stereocenters. The first kappa shape index (κ1) is 13.3. The molecular formula is C13H12N4OS3. The van der Waals surface area contributed by atoms with Crippen molar-refractivity contribution < 1.29 is 4.42 Å². The largest absolute Gasteiger partial charge is 0.444 e. The second kappa shape index (κ2) is 5.78. The molecule has 21 heavy (non-hydrogen) atoms. The molecular weight excluding hydrogens is 324 g/mol. The Bertz CT molecular complexity index is 717. The van der Waals surface area contributed by atoms with Crippen LogP contribution in [0.4, 0.5) is 5.13 Å². The molecule has 0 unspecified atom stereocenters. The molecule has 1 aliphatic carbocycles. The highest BCUT2D eigenvalue weighted by Gasteiger charge is 2.22. The quantitative estimate of drug-likeness (QED) is 0.683. The molecule has 0 aromatic carbocycles. The number of anilines is 1. The molecule has 108 valence electrons. The fraction of sp³-hybridized carbons (Fsp3) is 0.308. The van der Waals surface area contributed by atoms with E-state index in [9.17, 15) is 0 Å². The number of nitrogens with one attached hydrogen (secondary N) is 1. The van der Waals surface area contributed by atoms with Crippen LogP contribution in [0.3, 0.4) is 0 Å². The lowest BCUT2D eigenvalue weighted by atomic mass is 10.5. The molecule has 0 amide bonds. The maximum Gasteiger partial charge on any atom is 0.236 e. The van der Waals surface area contributed by atoms with E-state index in [1.165, 1.54) is 12.8 Å². The zero-order chi connectivity index (χ0) is 14.1. The third-order valence-electron chi connectivity index (χ3n) is 2.94. The van der Waals surface area contributed by atoms with E-state index in [4.69, 9.17) is 4.42 Å². The van der Waals surface area contributed by atoms with Gasteiger partial charge in [-0.15, -0.1) is 21.5 Å². The zero-order valence-corrected chi connectivity index (χ0v) is 13.4. The van der Waals surface area contributed by atoms with Crippen molar-refractivity contribution in [3.8, 4) is 10.8 Å². The van der Waals surface area contributed by atoms with Crippen molar-refractivity contribution in [1.29, 1.82) is 0 Å². The lowest BCUT2D eigenvalue weighted by Crippen LogP contribution is -1.99. The summed E-state index contributed by atoms with van der Waals surface area (Å²) in [7, 11) is 0. The number of rotatable bonds is 6. The first-order chi connectivity index (χ1) is 10.4. The molecule has 3 aromatic rings. The van der Waals surface area contributed by atoms with Crippen LogP contribution in [-0.2, 0) is 5.75 Å². The summed E-state index contributed by atoms with van der Waals surface area (Å²) < 4.78 is 6.46. The Morgan fingerprint density at radius 3 is 3.14 bits per heavy atom. The summed E-state index contributed by atoms with van der Waals surface area (Å²) in [6.07, 6.45) is 4.20. The van der Waals surface area contributed by atoms with Crippen LogP contribution in [-0.4, -0.2) is 21.2 Å². The van der Waals surface area contributed by atoms with Gasteiger partial charge in [0, 0.05) is 11.8 Å². The van der Waals surface area contributed by atoms with Gasteiger partial charge in [0.1, 0.15) is 6.26 Å². The summed E-state index contributed by atoms with van der Waals surface area (Å²) in [5.41, 5.74) is 0.926. The number of aromatic nitrogens is 3. The Morgan fingerprint density at radius 2 is 2.33 bits per heavy atom. The first-order valence-electron chi connectivity index (χ1n) is 6.58. The van der Waals surface area contributed by atoms with E-state index in [0.717, 1.165) is 25.8 Å².